The Morgan fingerprint density at radius 3 is 2.25 bits per heavy atom. The van der Waals surface area contributed by atoms with Crippen molar-refractivity contribution in [2.75, 3.05) is 24.5 Å². The molecule has 0 aliphatic carbocycles. The lowest BCUT2D eigenvalue weighted by molar-refractivity contribution is -0.274. The maximum Gasteiger partial charge on any atom is 0.573 e. The van der Waals surface area contributed by atoms with Crippen molar-refractivity contribution in [1.82, 2.24) is 24.2 Å². The zero-order valence-electron chi connectivity index (χ0n) is 23.7. The van der Waals surface area contributed by atoms with E-state index in [9.17, 15) is 53.1 Å². The number of anilines is 1. The van der Waals surface area contributed by atoms with Crippen LogP contribution < -0.4 is 25.2 Å². The number of alkyl halides is 8. The van der Waals surface area contributed by atoms with Gasteiger partial charge in [-0.25, -0.2) is 13.4 Å². The Bertz CT molecular complexity index is 1950. The van der Waals surface area contributed by atoms with E-state index in [0.717, 1.165) is 28.6 Å². The highest BCUT2D eigenvalue weighted by Gasteiger charge is 2.41. The number of ether oxygens (including phenoxy) is 2. The van der Waals surface area contributed by atoms with Gasteiger partial charge in [-0.3, -0.25) is 9.59 Å². The van der Waals surface area contributed by atoms with Crippen molar-refractivity contribution < 1.29 is 57.8 Å². The Morgan fingerprint density at radius 2 is 1.65 bits per heavy atom. The largest absolute Gasteiger partial charge is 0.573 e. The number of fused-ring (bicyclic) bond motifs is 1. The predicted molar refractivity (Wildman–Crippen MR) is 150 cm³/mol. The summed E-state index contributed by atoms with van der Waals surface area (Å²) in [5, 5.41) is 6.48. The number of carbonyl (C=O) groups is 1. The number of amides is 1. The van der Waals surface area contributed by atoms with Gasteiger partial charge in [0.25, 0.3) is 5.56 Å². The van der Waals surface area contributed by atoms with Gasteiger partial charge in [-0.2, -0.15) is 30.8 Å². The van der Waals surface area contributed by atoms with Crippen LogP contribution in [-0.2, 0) is 27.5 Å². The van der Waals surface area contributed by atoms with Crippen LogP contribution in [0, 0.1) is 0 Å². The quantitative estimate of drug-likeness (QED) is 0.255. The summed E-state index contributed by atoms with van der Waals surface area (Å²) in [6.45, 7) is -4.29. The summed E-state index contributed by atoms with van der Waals surface area (Å²) in [4.78, 5) is 29.8. The van der Waals surface area contributed by atoms with Gasteiger partial charge in [0.15, 0.2) is 5.69 Å². The number of nitrogens with one attached hydrogen (secondary N) is 1. The molecule has 2 aromatic carbocycles. The van der Waals surface area contributed by atoms with Crippen LogP contribution in [0.2, 0.25) is 0 Å². The minimum Gasteiger partial charge on any atom is -0.435 e. The van der Waals surface area contributed by atoms with Gasteiger partial charge in [0.1, 0.15) is 17.5 Å². The normalized spacial score (nSPS) is 16.4. The Hall–Kier alpha value is -4.57. The van der Waals surface area contributed by atoms with E-state index < -0.39 is 81.1 Å². The minimum atomic E-state index is -5.04. The molecule has 2 aromatic heterocycles. The first kappa shape index (κ1) is 34.8. The van der Waals surface area contributed by atoms with Gasteiger partial charge in [-0.15, -0.1) is 18.3 Å². The van der Waals surface area contributed by atoms with Crippen molar-refractivity contribution in [1.29, 1.82) is 0 Å². The number of piperazine rings is 1. The van der Waals surface area contributed by atoms with Crippen LogP contribution in [0.3, 0.4) is 0 Å². The average Bonchev–Trinajstić information content (AvgIpc) is 3.44. The summed E-state index contributed by atoms with van der Waals surface area (Å²) in [6, 6.07) is 7.12. The number of halogens is 8. The molecule has 1 aliphatic rings. The van der Waals surface area contributed by atoms with Crippen molar-refractivity contribution in [3.63, 3.8) is 0 Å². The molecule has 0 bridgehead atoms. The van der Waals surface area contributed by atoms with Crippen LogP contribution in [0.5, 0.6) is 11.5 Å². The first-order chi connectivity index (χ1) is 22.4. The molecule has 0 radical (unpaired) electrons. The van der Waals surface area contributed by atoms with Gasteiger partial charge in [0.05, 0.1) is 4.90 Å². The van der Waals surface area contributed by atoms with Crippen molar-refractivity contribution in [3.05, 3.63) is 76.2 Å². The van der Waals surface area contributed by atoms with Crippen LogP contribution in [0.15, 0.2) is 64.3 Å². The van der Waals surface area contributed by atoms with Crippen molar-refractivity contribution in [2.24, 2.45) is 0 Å². The fraction of sp³-hybridized carbons (Fsp3) is 0.308. The number of benzene rings is 2. The molecule has 258 valence electrons. The average molecular weight is 729 g/mol. The Kier molecular flexibility index (Phi) is 9.52. The Balaban J connectivity index is 1.42. The molecule has 3 heterocycles. The first-order valence-corrected chi connectivity index (χ1v) is 15.6. The number of sulfonamides is 1. The van der Waals surface area contributed by atoms with Gasteiger partial charge in [0.2, 0.25) is 26.0 Å². The fourth-order valence-corrected chi connectivity index (χ4v) is 7.07. The number of carbonyl (C=O) groups excluding carboxylic acids is 1. The van der Waals surface area contributed by atoms with Crippen molar-refractivity contribution in [2.45, 2.75) is 36.6 Å². The number of aromatic nitrogens is 3. The third kappa shape index (κ3) is 7.93. The molecule has 1 fully saturated rings. The Morgan fingerprint density at radius 1 is 1.00 bits per heavy atom. The molecule has 0 unspecified atom stereocenters. The van der Waals surface area contributed by atoms with Gasteiger partial charge in [-0.05, 0) is 42.0 Å². The zero-order valence-corrected chi connectivity index (χ0v) is 25.3. The van der Waals surface area contributed by atoms with Gasteiger partial charge in [0, 0.05) is 32.2 Å². The maximum atomic E-state index is 13.7. The molecule has 12 nitrogen and oxygen atoms in total. The summed E-state index contributed by atoms with van der Waals surface area (Å²) in [5.74, 6) is -1.72. The highest BCUT2D eigenvalue weighted by atomic mass is 32.2. The second-order valence-corrected chi connectivity index (χ2v) is 12.7. The predicted octanol–water partition coefficient (Wildman–Crippen LogP) is 3.87. The van der Waals surface area contributed by atoms with Crippen LogP contribution in [0.25, 0.3) is 4.96 Å². The second-order valence-electron chi connectivity index (χ2n) is 9.89. The molecular formula is C26H20F8N6O6S2. The van der Waals surface area contributed by atoms with Crippen LogP contribution in [0.1, 0.15) is 11.3 Å². The summed E-state index contributed by atoms with van der Waals surface area (Å²) in [6.07, 6.45) is -9.96. The Labute approximate surface area is 268 Å². The molecule has 1 saturated heterocycles. The van der Waals surface area contributed by atoms with E-state index in [0.29, 0.717) is 21.4 Å². The maximum absolute atomic E-state index is 13.7. The summed E-state index contributed by atoms with van der Waals surface area (Å²) < 4.78 is 139. The molecule has 1 atom stereocenters. The highest BCUT2D eigenvalue weighted by molar-refractivity contribution is 7.89. The first-order valence-electron chi connectivity index (χ1n) is 13.3. The fourth-order valence-electron chi connectivity index (χ4n) is 4.56. The molecule has 1 amide bonds. The minimum absolute atomic E-state index is 0.0583. The van der Waals surface area contributed by atoms with Crippen LogP contribution >= 0.6 is 11.3 Å². The smallest absolute Gasteiger partial charge is 0.435 e. The van der Waals surface area contributed by atoms with E-state index in [1.807, 2.05) is 0 Å². The van der Waals surface area contributed by atoms with E-state index in [-0.39, 0.29) is 30.0 Å². The lowest BCUT2D eigenvalue weighted by Crippen LogP contribution is -2.60. The molecule has 22 heteroatoms. The molecule has 1 N–H and O–H groups in total. The molecule has 4 aromatic rings. The topological polar surface area (TPSA) is 135 Å². The molecule has 0 spiro atoms. The van der Waals surface area contributed by atoms with Crippen molar-refractivity contribution in [3.8, 4) is 11.5 Å². The van der Waals surface area contributed by atoms with E-state index >= 15 is 0 Å². The lowest BCUT2D eigenvalue weighted by atomic mass is 10.2. The van der Waals surface area contributed by atoms with E-state index in [1.165, 1.54) is 29.2 Å². The summed E-state index contributed by atoms with van der Waals surface area (Å²) >= 11 is 0.585. The lowest BCUT2D eigenvalue weighted by Gasteiger charge is -2.39. The third-order valence-electron chi connectivity index (χ3n) is 6.71. The van der Waals surface area contributed by atoms with Gasteiger partial charge in [-0.1, -0.05) is 23.5 Å². The molecular weight excluding hydrogens is 708 g/mol. The van der Waals surface area contributed by atoms with Crippen molar-refractivity contribution >= 4 is 37.4 Å². The monoisotopic (exact) mass is 728 g/mol. The molecule has 5 rings (SSSR count). The van der Waals surface area contributed by atoms with Crippen LogP contribution in [-0.4, -0.2) is 71.9 Å². The van der Waals surface area contributed by atoms with E-state index in [2.05, 4.69) is 24.9 Å². The van der Waals surface area contributed by atoms with E-state index in [4.69, 9.17) is 0 Å². The third-order valence-corrected chi connectivity index (χ3v) is 9.60. The standard InChI is InChI=1S/C26H20F8N6O6S2/c27-22(28)45-15-3-1-14(2-4-15)12-35-21(42)18-13-38(24-37-40-20(41)11-19(25(29,30)31)36-23(40)47-24)9-10-39(18)48(43,44)17-7-5-16(6-8-17)46-26(32,33)34/h1-8,11,18,22H,9-10,12-13H2,(H,35,42)/t18-/m1/s1. The summed E-state index contributed by atoms with van der Waals surface area (Å²) in [5.41, 5.74) is -2.17. The van der Waals surface area contributed by atoms with Crippen LogP contribution in [0.4, 0.5) is 40.3 Å². The zero-order chi connectivity index (χ0) is 35.0. The van der Waals surface area contributed by atoms with Gasteiger partial charge < -0.3 is 19.7 Å². The number of rotatable bonds is 9. The summed E-state index contributed by atoms with van der Waals surface area (Å²) in [7, 11) is -4.56. The highest BCUT2D eigenvalue weighted by Crippen LogP contribution is 2.31. The van der Waals surface area contributed by atoms with E-state index in [1.54, 1.807) is 0 Å². The molecule has 0 saturated carbocycles. The number of hydrogen-bond acceptors (Lipinski definition) is 10. The number of nitrogens with zero attached hydrogens (tertiary/aromatic N) is 5. The SMILES string of the molecule is O=C(NCc1ccc(OC(F)F)cc1)[C@H]1CN(c2nn3c(=O)cc(C(F)(F)F)nc3s2)CCN1S(=O)(=O)c1ccc(OC(F)(F)F)cc1. The second kappa shape index (κ2) is 13.1. The molecule has 48 heavy (non-hydrogen) atoms. The molecule has 1 aliphatic heterocycles. The van der Waals surface area contributed by atoms with Gasteiger partial charge >= 0.3 is 19.2 Å². The number of hydrogen-bond donors (Lipinski definition) is 1.